The van der Waals surface area contributed by atoms with Gasteiger partial charge in [0, 0.05) is 24.0 Å². The molecule has 2 bridgehead atoms. The maximum absolute atomic E-state index is 13.6. The number of nitrogens with zero attached hydrogens (tertiary/aromatic N) is 1. The predicted octanol–water partition coefficient (Wildman–Crippen LogP) is 2.26. The van der Waals surface area contributed by atoms with E-state index < -0.39 is 22.6 Å². The molecule has 6 atom stereocenters. The fourth-order valence-electron chi connectivity index (χ4n) is 5.90. The second kappa shape index (κ2) is 9.43. The largest absolute Gasteiger partial charge is 0.395 e. The highest BCUT2D eigenvalue weighted by molar-refractivity contribution is 8.02. The Morgan fingerprint density at radius 3 is 2.66 bits per heavy atom. The molecule has 0 radical (unpaired) electrons. The van der Waals surface area contributed by atoms with Gasteiger partial charge in [-0.2, -0.15) is 0 Å². The molecule has 0 aromatic heterocycles. The van der Waals surface area contributed by atoms with Crippen LogP contribution < -0.4 is 10.6 Å². The van der Waals surface area contributed by atoms with Gasteiger partial charge in [-0.15, -0.1) is 11.8 Å². The molecule has 1 spiro atoms. The zero-order valence-electron chi connectivity index (χ0n) is 18.8. The van der Waals surface area contributed by atoms with Crippen LogP contribution in [0.5, 0.6) is 0 Å². The van der Waals surface area contributed by atoms with E-state index in [4.69, 9.17) is 0 Å². The first kappa shape index (κ1) is 23.1. The molecule has 3 amide bonds. The summed E-state index contributed by atoms with van der Waals surface area (Å²) < 4.78 is -0.634. The van der Waals surface area contributed by atoms with Gasteiger partial charge in [0.2, 0.25) is 17.7 Å². The third-order valence-electron chi connectivity index (χ3n) is 7.26. The Morgan fingerprint density at radius 2 is 1.97 bits per heavy atom. The number of para-hydroxylation sites is 1. The second-order valence-corrected chi connectivity index (χ2v) is 10.7. The third-order valence-corrected chi connectivity index (χ3v) is 9.33. The second-order valence-electron chi connectivity index (χ2n) is 9.16. The van der Waals surface area contributed by atoms with Crippen LogP contribution in [0.4, 0.5) is 5.69 Å². The van der Waals surface area contributed by atoms with E-state index in [-0.39, 0.29) is 42.0 Å². The Kier molecular flexibility index (Phi) is 6.81. The van der Waals surface area contributed by atoms with Crippen LogP contribution >= 0.6 is 11.8 Å². The maximum atomic E-state index is 13.6. The summed E-state index contributed by atoms with van der Waals surface area (Å²) in [7, 11) is 0. The van der Waals surface area contributed by atoms with Crippen molar-refractivity contribution in [2.45, 2.75) is 55.6 Å². The molecule has 3 saturated heterocycles. The number of benzene rings is 1. The Labute approximate surface area is 193 Å². The van der Waals surface area contributed by atoms with E-state index in [9.17, 15) is 19.5 Å². The van der Waals surface area contributed by atoms with Crippen molar-refractivity contribution in [3.63, 3.8) is 0 Å². The van der Waals surface area contributed by atoms with Gasteiger partial charge < -0.3 is 20.6 Å². The van der Waals surface area contributed by atoms with Gasteiger partial charge in [0.1, 0.15) is 6.04 Å². The minimum atomic E-state index is -0.659. The minimum absolute atomic E-state index is 0.00864. The average molecular weight is 460 g/mol. The van der Waals surface area contributed by atoms with Gasteiger partial charge in [-0.1, -0.05) is 44.9 Å². The summed E-state index contributed by atoms with van der Waals surface area (Å²) in [5, 5.41) is 15.7. The summed E-state index contributed by atoms with van der Waals surface area (Å²) in [5.74, 6) is -1.40. The van der Waals surface area contributed by atoms with E-state index in [0.29, 0.717) is 12.2 Å². The monoisotopic (exact) mass is 459 g/mol. The lowest BCUT2D eigenvalue weighted by molar-refractivity contribution is -0.139. The van der Waals surface area contributed by atoms with Gasteiger partial charge >= 0.3 is 0 Å². The minimum Gasteiger partial charge on any atom is -0.395 e. The molecule has 0 aliphatic carbocycles. The van der Waals surface area contributed by atoms with Crippen LogP contribution in [0.15, 0.2) is 30.3 Å². The molecule has 3 N–H and O–H groups in total. The number of carbonyl (C=O) groups excluding carboxylic acids is 3. The number of fused-ring (bicyclic) bond motifs is 1. The molecule has 3 aliphatic heterocycles. The summed E-state index contributed by atoms with van der Waals surface area (Å²) in [6, 6.07) is 8.61. The highest BCUT2D eigenvalue weighted by atomic mass is 32.2. The lowest BCUT2D eigenvalue weighted by atomic mass is 9.66. The molecule has 7 nitrogen and oxygen atoms in total. The number of unbranched alkanes of at least 4 members (excludes halogenated alkanes) is 2. The van der Waals surface area contributed by atoms with Gasteiger partial charge in [0.25, 0.3) is 0 Å². The number of amides is 3. The van der Waals surface area contributed by atoms with Crippen molar-refractivity contribution >= 4 is 35.2 Å². The van der Waals surface area contributed by atoms with E-state index in [2.05, 4.69) is 24.5 Å². The van der Waals surface area contributed by atoms with Gasteiger partial charge in [-0.25, -0.2) is 0 Å². The van der Waals surface area contributed by atoms with Gasteiger partial charge in [-0.05, 0) is 30.9 Å². The first-order valence-electron chi connectivity index (χ1n) is 11.7. The number of rotatable bonds is 9. The van der Waals surface area contributed by atoms with Crippen molar-refractivity contribution in [2.24, 2.45) is 17.8 Å². The van der Waals surface area contributed by atoms with Crippen molar-refractivity contribution in [3.05, 3.63) is 30.3 Å². The molecule has 8 heteroatoms. The lowest BCUT2D eigenvalue weighted by Crippen LogP contribution is -2.56. The van der Waals surface area contributed by atoms with Crippen LogP contribution in [0.2, 0.25) is 0 Å². The molecule has 3 unspecified atom stereocenters. The fraction of sp³-hybridized carbons (Fsp3) is 0.625. The van der Waals surface area contributed by atoms with Crippen molar-refractivity contribution < 1.29 is 19.5 Å². The molecule has 3 fully saturated rings. The van der Waals surface area contributed by atoms with Crippen LogP contribution in [-0.2, 0) is 14.4 Å². The van der Waals surface area contributed by atoms with Gasteiger partial charge in [0.05, 0.1) is 23.2 Å². The van der Waals surface area contributed by atoms with Crippen molar-refractivity contribution in [1.29, 1.82) is 0 Å². The predicted molar refractivity (Wildman–Crippen MR) is 125 cm³/mol. The number of hydrogen-bond donors (Lipinski definition) is 3. The van der Waals surface area contributed by atoms with Crippen molar-refractivity contribution in [1.82, 2.24) is 10.2 Å². The number of aliphatic hydroxyl groups excluding tert-OH is 1. The number of β-amino-alcohol motifs (C(OH)–C–C–N with tert-alkyl or cyclic N) is 1. The van der Waals surface area contributed by atoms with E-state index in [1.54, 1.807) is 11.8 Å². The van der Waals surface area contributed by atoms with Crippen molar-refractivity contribution in [2.75, 3.05) is 25.0 Å². The molecule has 1 aromatic carbocycles. The number of thioether (sulfide) groups is 1. The SMILES string of the molecule is CCCCCNC(=O)C1N(CCO)C(=O)[C@@H]2[C@@H](C(=O)Nc3ccccc3)[C@H]3CC(C)C12S3. The number of hydrogen-bond acceptors (Lipinski definition) is 5. The molecule has 1 aromatic rings. The van der Waals surface area contributed by atoms with Gasteiger partial charge in [-0.3, -0.25) is 14.4 Å². The van der Waals surface area contributed by atoms with Crippen LogP contribution in [0, 0.1) is 17.8 Å². The van der Waals surface area contributed by atoms with Crippen LogP contribution in [-0.4, -0.2) is 63.5 Å². The van der Waals surface area contributed by atoms with E-state index in [1.807, 2.05) is 30.3 Å². The fourth-order valence-corrected chi connectivity index (χ4v) is 8.32. The van der Waals surface area contributed by atoms with Gasteiger partial charge in [0.15, 0.2) is 0 Å². The molecule has 3 aliphatic rings. The lowest BCUT2D eigenvalue weighted by Gasteiger charge is -2.38. The van der Waals surface area contributed by atoms with E-state index >= 15 is 0 Å². The zero-order valence-corrected chi connectivity index (χ0v) is 19.6. The summed E-state index contributed by atoms with van der Waals surface area (Å²) >= 11 is 1.65. The smallest absolute Gasteiger partial charge is 0.244 e. The highest BCUT2D eigenvalue weighted by Gasteiger charge is 2.75. The maximum Gasteiger partial charge on any atom is 0.244 e. The normalized spacial score (nSPS) is 32.8. The molecular formula is C24H33N3O4S. The summed E-state index contributed by atoms with van der Waals surface area (Å²) in [6.45, 7) is 4.68. The zero-order chi connectivity index (χ0) is 22.9. The third kappa shape index (κ3) is 3.71. The topological polar surface area (TPSA) is 98.7 Å². The summed E-state index contributed by atoms with van der Waals surface area (Å²) in [4.78, 5) is 41.9. The number of likely N-dealkylation sites (tertiary alicyclic amines) is 1. The van der Waals surface area contributed by atoms with Crippen LogP contribution in [0.25, 0.3) is 0 Å². The number of carbonyl (C=O) groups is 3. The Balaban J connectivity index is 1.62. The van der Waals surface area contributed by atoms with E-state index in [0.717, 1.165) is 25.7 Å². The summed E-state index contributed by atoms with van der Waals surface area (Å²) in [5.41, 5.74) is 0.704. The molecule has 3 heterocycles. The quantitative estimate of drug-likeness (QED) is 0.492. The first-order chi connectivity index (χ1) is 15.5. The number of nitrogens with one attached hydrogen (secondary N) is 2. The average Bonchev–Trinajstić information content (AvgIpc) is 3.36. The van der Waals surface area contributed by atoms with Crippen LogP contribution in [0.1, 0.15) is 39.5 Å². The number of aliphatic hydroxyl groups is 1. The van der Waals surface area contributed by atoms with Crippen molar-refractivity contribution in [3.8, 4) is 0 Å². The van der Waals surface area contributed by atoms with Crippen LogP contribution in [0.3, 0.4) is 0 Å². The highest BCUT2D eigenvalue weighted by Crippen LogP contribution is 2.68. The molecular weight excluding hydrogens is 426 g/mol. The van der Waals surface area contributed by atoms with E-state index in [1.165, 1.54) is 4.90 Å². The molecule has 4 rings (SSSR count). The first-order valence-corrected chi connectivity index (χ1v) is 12.6. The standard InChI is InChI=1S/C24H33N3O4S/c1-3-4-8-11-25-22(30)20-24-15(2)14-17(32-24)18(19(24)23(31)27(20)12-13-28)21(29)26-16-9-6-5-7-10-16/h5-7,9-10,15,17-20,28H,3-4,8,11-14H2,1-2H3,(H,25,30)(H,26,29)/t15?,17-,18+,19+,20?,24?/m1/s1. The number of anilines is 1. The Hall–Kier alpha value is -2.06. The Morgan fingerprint density at radius 1 is 1.22 bits per heavy atom. The molecule has 32 heavy (non-hydrogen) atoms. The summed E-state index contributed by atoms with van der Waals surface area (Å²) in [6.07, 6.45) is 3.79. The molecule has 174 valence electrons. The molecule has 0 saturated carbocycles. The Bertz CT molecular complexity index is 866.